The molecule has 0 bridgehead atoms. The molecule has 0 aliphatic carbocycles. The van der Waals surface area contributed by atoms with Gasteiger partial charge in [-0.15, -0.1) is 0 Å². The first kappa shape index (κ1) is 27.7. The van der Waals surface area contributed by atoms with Crippen molar-refractivity contribution in [2.24, 2.45) is 0 Å². The van der Waals surface area contributed by atoms with Crippen molar-refractivity contribution in [2.75, 3.05) is 27.4 Å². The van der Waals surface area contributed by atoms with Gasteiger partial charge in [0.25, 0.3) is 0 Å². The SMILES string of the molecule is COc1ccc(COC[C@@H](NC(=O)OC(C)(C)C)[C@H](OCc2ccc(OC)cc2)[C@H](O)[C@H]2CO2)cc1. The predicted octanol–water partition coefficient (Wildman–Crippen LogP) is 3.46. The van der Waals surface area contributed by atoms with E-state index in [1.54, 1.807) is 35.0 Å². The molecule has 1 aliphatic rings. The van der Waals surface area contributed by atoms with E-state index in [1.165, 1.54) is 0 Å². The Kier molecular flexibility index (Phi) is 9.95. The van der Waals surface area contributed by atoms with Crippen LogP contribution in [0.2, 0.25) is 0 Å². The van der Waals surface area contributed by atoms with E-state index < -0.39 is 29.9 Å². The summed E-state index contributed by atoms with van der Waals surface area (Å²) in [5, 5.41) is 13.8. The van der Waals surface area contributed by atoms with E-state index in [2.05, 4.69) is 5.32 Å². The molecule has 9 nitrogen and oxygen atoms in total. The normalized spacial score (nSPS) is 17.6. The Morgan fingerprint density at radius 1 is 1.00 bits per heavy atom. The highest BCUT2D eigenvalue weighted by molar-refractivity contribution is 5.68. The molecular weight excluding hydrogens is 466 g/mol. The zero-order valence-corrected chi connectivity index (χ0v) is 21.6. The minimum Gasteiger partial charge on any atom is -0.497 e. The van der Waals surface area contributed by atoms with Gasteiger partial charge in [0, 0.05) is 0 Å². The maximum absolute atomic E-state index is 12.6. The van der Waals surface area contributed by atoms with Gasteiger partial charge in [0.2, 0.25) is 0 Å². The third-order valence-corrected chi connectivity index (χ3v) is 5.50. The highest BCUT2D eigenvalue weighted by atomic mass is 16.6. The van der Waals surface area contributed by atoms with Crippen molar-refractivity contribution in [1.29, 1.82) is 0 Å². The van der Waals surface area contributed by atoms with Crippen molar-refractivity contribution in [1.82, 2.24) is 5.32 Å². The van der Waals surface area contributed by atoms with Gasteiger partial charge in [-0.25, -0.2) is 4.79 Å². The van der Waals surface area contributed by atoms with Crippen LogP contribution in [-0.2, 0) is 32.2 Å². The van der Waals surface area contributed by atoms with Crippen molar-refractivity contribution in [3.8, 4) is 11.5 Å². The number of aliphatic hydroxyl groups excluding tert-OH is 1. The van der Waals surface area contributed by atoms with Gasteiger partial charge in [-0.1, -0.05) is 24.3 Å². The molecule has 1 fully saturated rings. The fourth-order valence-electron chi connectivity index (χ4n) is 3.53. The molecule has 9 heteroatoms. The van der Waals surface area contributed by atoms with Crippen LogP contribution in [0.1, 0.15) is 31.9 Å². The molecule has 3 rings (SSSR count). The number of carbonyl (C=O) groups is 1. The van der Waals surface area contributed by atoms with Crippen molar-refractivity contribution in [2.45, 2.75) is 63.9 Å². The Hall–Kier alpha value is -2.85. The lowest BCUT2D eigenvalue weighted by Gasteiger charge is -2.32. The molecule has 1 amide bonds. The van der Waals surface area contributed by atoms with Crippen molar-refractivity contribution in [3.63, 3.8) is 0 Å². The van der Waals surface area contributed by atoms with Crippen molar-refractivity contribution >= 4 is 6.09 Å². The Morgan fingerprint density at radius 2 is 1.53 bits per heavy atom. The maximum atomic E-state index is 12.6. The predicted molar refractivity (Wildman–Crippen MR) is 133 cm³/mol. The van der Waals surface area contributed by atoms with Crippen LogP contribution < -0.4 is 14.8 Å². The molecule has 1 aliphatic heterocycles. The average molecular weight is 504 g/mol. The number of hydrogen-bond acceptors (Lipinski definition) is 8. The Bertz CT molecular complexity index is 938. The number of benzene rings is 2. The summed E-state index contributed by atoms with van der Waals surface area (Å²) < 4.78 is 33.3. The molecule has 0 unspecified atom stereocenters. The van der Waals surface area contributed by atoms with Crippen LogP contribution in [0.4, 0.5) is 4.79 Å². The molecule has 2 N–H and O–H groups in total. The number of alkyl carbamates (subject to hydrolysis) is 1. The first-order valence-electron chi connectivity index (χ1n) is 11.9. The van der Waals surface area contributed by atoms with E-state index >= 15 is 0 Å². The minimum absolute atomic E-state index is 0.0856. The van der Waals surface area contributed by atoms with Crippen LogP contribution in [0.5, 0.6) is 11.5 Å². The Balaban J connectivity index is 1.71. The summed E-state index contributed by atoms with van der Waals surface area (Å²) in [6, 6.07) is 14.2. The molecular formula is C27H37NO8. The van der Waals surface area contributed by atoms with E-state index in [0.717, 1.165) is 22.6 Å². The highest BCUT2D eigenvalue weighted by Crippen LogP contribution is 2.23. The van der Waals surface area contributed by atoms with E-state index in [4.69, 9.17) is 28.4 Å². The Morgan fingerprint density at radius 3 is 2.00 bits per heavy atom. The van der Waals surface area contributed by atoms with E-state index in [-0.39, 0.29) is 19.3 Å². The molecule has 1 saturated heterocycles. The summed E-state index contributed by atoms with van der Waals surface area (Å²) >= 11 is 0. The average Bonchev–Trinajstić information content (AvgIpc) is 3.69. The molecule has 0 radical (unpaired) electrons. The first-order valence-corrected chi connectivity index (χ1v) is 11.9. The minimum atomic E-state index is -0.965. The number of hydrogen-bond donors (Lipinski definition) is 2. The second-order valence-corrected chi connectivity index (χ2v) is 9.60. The number of ether oxygens (including phenoxy) is 6. The van der Waals surface area contributed by atoms with Crippen molar-refractivity contribution in [3.05, 3.63) is 59.7 Å². The number of amides is 1. The fraction of sp³-hybridized carbons (Fsp3) is 0.519. The summed E-state index contributed by atoms with van der Waals surface area (Å²) in [6.07, 6.45) is -2.76. The Labute approximate surface area is 212 Å². The van der Waals surface area contributed by atoms with Crippen LogP contribution in [0.25, 0.3) is 0 Å². The van der Waals surface area contributed by atoms with Gasteiger partial charge >= 0.3 is 6.09 Å². The second-order valence-electron chi connectivity index (χ2n) is 9.60. The van der Waals surface area contributed by atoms with Crippen LogP contribution in [-0.4, -0.2) is 68.6 Å². The number of nitrogens with one attached hydrogen (secondary N) is 1. The van der Waals surface area contributed by atoms with Crippen LogP contribution >= 0.6 is 0 Å². The van der Waals surface area contributed by atoms with Gasteiger partial charge in [-0.05, 0) is 56.2 Å². The largest absolute Gasteiger partial charge is 0.497 e. The van der Waals surface area contributed by atoms with E-state index in [0.29, 0.717) is 13.2 Å². The maximum Gasteiger partial charge on any atom is 0.408 e. The van der Waals surface area contributed by atoms with Gasteiger partial charge in [0.05, 0.1) is 46.7 Å². The quantitative estimate of drug-likeness (QED) is 0.400. The standard InChI is InChI=1S/C27H37NO8/c1-27(2,3)36-26(30)28-22(16-33-14-18-6-10-20(31-4)11-7-18)25(24(29)23-17-34-23)35-15-19-8-12-21(32-5)13-9-19/h6-13,22-25,29H,14-17H2,1-5H3,(H,28,30)/t22-,23-,24-,25+/m1/s1. The zero-order chi connectivity index (χ0) is 26.1. The van der Waals surface area contributed by atoms with Crippen LogP contribution in [0, 0.1) is 0 Å². The fourth-order valence-corrected chi connectivity index (χ4v) is 3.53. The first-order chi connectivity index (χ1) is 17.2. The molecule has 0 aromatic heterocycles. The van der Waals surface area contributed by atoms with Crippen LogP contribution in [0.3, 0.4) is 0 Å². The van der Waals surface area contributed by atoms with Crippen LogP contribution in [0.15, 0.2) is 48.5 Å². The molecule has 2 aromatic rings. The van der Waals surface area contributed by atoms with Crippen molar-refractivity contribution < 1.29 is 38.3 Å². The summed E-state index contributed by atoms with van der Waals surface area (Å²) in [5.74, 6) is 1.49. The van der Waals surface area contributed by atoms with E-state index in [9.17, 15) is 9.90 Å². The number of carbonyl (C=O) groups excluding carboxylic acids is 1. The van der Waals surface area contributed by atoms with Gasteiger partial charge in [-0.3, -0.25) is 0 Å². The van der Waals surface area contributed by atoms with Gasteiger partial charge in [0.1, 0.15) is 35.4 Å². The molecule has 0 saturated carbocycles. The third kappa shape index (κ3) is 8.98. The summed E-state index contributed by atoms with van der Waals surface area (Å²) in [5.41, 5.74) is 1.14. The molecule has 2 aromatic carbocycles. The molecule has 36 heavy (non-hydrogen) atoms. The number of methoxy groups -OCH3 is 2. The molecule has 1 heterocycles. The van der Waals surface area contributed by atoms with Gasteiger partial charge in [-0.2, -0.15) is 0 Å². The molecule has 4 atom stereocenters. The summed E-state index contributed by atoms with van der Waals surface area (Å²) in [7, 11) is 3.21. The lowest BCUT2D eigenvalue weighted by molar-refractivity contribution is -0.0875. The monoisotopic (exact) mass is 503 g/mol. The number of aliphatic hydroxyl groups is 1. The zero-order valence-electron chi connectivity index (χ0n) is 21.6. The van der Waals surface area contributed by atoms with Gasteiger partial charge in [0.15, 0.2) is 0 Å². The molecule has 198 valence electrons. The van der Waals surface area contributed by atoms with Gasteiger partial charge < -0.3 is 38.8 Å². The summed E-state index contributed by atoms with van der Waals surface area (Å²) in [6.45, 7) is 6.38. The highest BCUT2D eigenvalue weighted by Gasteiger charge is 2.42. The smallest absolute Gasteiger partial charge is 0.408 e. The van der Waals surface area contributed by atoms with E-state index in [1.807, 2.05) is 48.5 Å². The number of epoxide rings is 1. The number of rotatable bonds is 13. The second kappa shape index (κ2) is 12.9. The molecule has 0 spiro atoms. The lowest BCUT2D eigenvalue weighted by Crippen LogP contribution is -2.54. The third-order valence-electron chi connectivity index (χ3n) is 5.50. The lowest BCUT2D eigenvalue weighted by atomic mass is 10.0. The summed E-state index contributed by atoms with van der Waals surface area (Å²) in [4.78, 5) is 12.6. The topological polar surface area (TPSA) is 108 Å².